The van der Waals surface area contributed by atoms with Crippen molar-refractivity contribution in [1.82, 2.24) is 15.1 Å². The van der Waals surface area contributed by atoms with E-state index in [1.54, 1.807) is 22.9 Å². The summed E-state index contributed by atoms with van der Waals surface area (Å²) in [6.07, 6.45) is 8.34. The van der Waals surface area contributed by atoms with Gasteiger partial charge in [-0.3, -0.25) is 18.8 Å². The van der Waals surface area contributed by atoms with Crippen LogP contribution in [0.5, 0.6) is 5.75 Å². The Hall–Kier alpha value is -4.74. The van der Waals surface area contributed by atoms with Crippen molar-refractivity contribution in [2.45, 2.75) is 52.0 Å². The number of carbonyl (C=O) groups excluding carboxylic acids is 2. The van der Waals surface area contributed by atoms with Crippen LogP contribution in [-0.2, 0) is 21.5 Å². The molecule has 2 heterocycles. The van der Waals surface area contributed by atoms with Crippen LogP contribution in [0.2, 0.25) is 0 Å². The molecule has 1 aliphatic rings. The Morgan fingerprint density at radius 1 is 1.12 bits per heavy atom. The van der Waals surface area contributed by atoms with Gasteiger partial charge >= 0.3 is 0 Å². The molecule has 0 spiro atoms. The van der Waals surface area contributed by atoms with Crippen LogP contribution in [0, 0.1) is 13.8 Å². The van der Waals surface area contributed by atoms with Crippen LogP contribution in [0.3, 0.4) is 0 Å². The van der Waals surface area contributed by atoms with Crippen LogP contribution in [0.4, 0.5) is 5.69 Å². The zero-order valence-electron chi connectivity index (χ0n) is 27.4. The third kappa shape index (κ3) is 8.59. The summed E-state index contributed by atoms with van der Waals surface area (Å²) in [5.74, 6) is 0.159. The minimum Gasteiger partial charge on any atom is -0.493 e. The number of fused-ring (bicyclic) bond motifs is 1. The van der Waals surface area contributed by atoms with Crippen LogP contribution >= 0.6 is 0 Å². The van der Waals surface area contributed by atoms with Gasteiger partial charge in [-0.15, -0.1) is 6.58 Å². The first kappa shape index (κ1) is 34.6. The Labute approximate surface area is 282 Å². The van der Waals surface area contributed by atoms with Gasteiger partial charge in [0.25, 0.3) is 16.0 Å². The van der Waals surface area contributed by atoms with Crippen LogP contribution in [-0.4, -0.2) is 60.0 Å². The van der Waals surface area contributed by atoms with Crippen molar-refractivity contribution in [3.05, 3.63) is 114 Å². The van der Waals surface area contributed by atoms with Crippen molar-refractivity contribution < 1.29 is 27.3 Å². The number of rotatable bonds is 14. The number of aryl methyl sites for hydroxylation is 1. The molecule has 48 heavy (non-hydrogen) atoms. The number of benzene rings is 3. The van der Waals surface area contributed by atoms with Gasteiger partial charge in [-0.1, -0.05) is 42.5 Å². The van der Waals surface area contributed by atoms with E-state index in [-0.39, 0.29) is 18.4 Å². The zero-order valence-corrected chi connectivity index (χ0v) is 28.2. The molecule has 1 unspecified atom stereocenters. The number of nitrogens with one attached hydrogen (secondary N) is 1. The van der Waals surface area contributed by atoms with Crippen molar-refractivity contribution in [1.29, 1.82) is 0 Å². The Balaban J connectivity index is 1.29. The van der Waals surface area contributed by atoms with Gasteiger partial charge in [-0.2, -0.15) is 13.5 Å². The van der Waals surface area contributed by atoms with E-state index in [1.165, 1.54) is 5.56 Å². The summed E-state index contributed by atoms with van der Waals surface area (Å²) >= 11 is 0. The molecule has 0 saturated carbocycles. The third-order valence-electron chi connectivity index (χ3n) is 8.71. The summed E-state index contributed by atoms with van der Waals surface area (Å²) in [4.78, 5) is 28.0. The van der Waals surface area contributed by atoms with E-state index in [1.807, 2.05) is 60.6 Å². The minimum absolute atomic E-state index is 0.0765. The average Bonchev–Trinajstić information content (AvgIpc) is 3.52. The molecule has 1 atom stereocenters. The van der Waals surface area contributed by atoms with E-state index in [9.17, 15) is 18.0 Å². The molecule has 2 N–H and O–H groups in total. The molecule has 3 aromatic carbocycles. The maximum atomic E-state index is 13.6. The molecule has 5 rings (SSSR count). The number of allylic oxidation sites excluding steroid dienone is 1. The topological polar surface area (TPSA) is 131 Å². The predicted molar refractivity (Wildman–Crippen MR) is 187 cm³/mol. The summed E-state index contributed by atoms with van der Waals surface area (Å²) in [6.45, 7) is 9.42. The lowest BCUT2D eigenvalue weighted by atomic mass is 9.82. The van der Waals surface area contributed by atoms with E-state index in [0.717, 1.165) is 52.1 Å². The number of carbonyl (C=O) groups is 2. The fraction of sp³-hybridized carbons (Fsp3) is 0.324. The van der Waals surface area contributed by atoms with E-state index in [0.29, 0.717) is 38.1 Å². The molecule has 0 radical (unpaired) electrons. The smallest absolute Gasteiger partial charge is 0.266 e. The van der Waals surface area contributed by atoms with Gasteiger partial charge in [0.2, 0.25) is 5.91 Å². The van der Waals surface area contributed by atoms with Crippen molar-refractivity contribution in [3.8, 4) is 16.9 Å². The summed E-state index contributed by atoms with van der Waals surface area (Å²) in [7, 11) is -4.16. The Kier molecular flexibility index (Phi) is 11.1. The van der Waals surface area contributed by atoms with E-state index >= 15 is 0 Å². The summed E-state index contributed by atoms with van der Waals surface area (Å²) < 4.78 is 38.6. The Morgan fingerprint density at radius 3 is 2.71 bits per heavy atom. The zero-order chi connectivity index (χ0) is 34.3. The Bertz CT molecular complexity index is 1900. The molecule has 1 aromatic heterocycles. The summed E-state index contributed by atoms with van der Waals surface area (Å²) in [5.41, 5.74) is 7.50. The SMILES string of the molecule is C=CCC1CCN(C(=O)CCCOc2cccc(C)c2C)c2cccc(-c3cnn(Cc4cccc(C(=O)NCCS(=O)(=O)O)c4)c3)c21. The maximum absolute atomic E-state index is 13.6. The van der Waals surface area contributed by atoms with E-state index < -0.39 is 21.8 Å². The molecule has 0 aliphatic carbocycles. The first-order valence-electron chi connectivity index (χ1n) is 16.1. The van der Waals surface area contributed by atoms with Crippen LogP contribution in [0.15, 0.2) is 85.7 Å². The van der Waals surface area contributed by atoms with Crippen molar-refractivity contribution in [2.24, 2.45) is 0 Å². The van der Waals surface area contributed by atoms with Gasteiger partial charge in [-0.25, -0.2) is 0 Å². The average molecular weight is 671 g/mol. The molecule has 2 amide bonds. The standard InChI is InChI=1S/C37H42N4O6S/c1-4-9-29-17-19-41(35(42)16-8-20-47-34-15-5-10-26(2)27(34)3)33-14-7-13-32(36(29)33)31-23-39-40(25-31)24-28-11-6-12-30(22-28)37(43)38-18-21-48(44,45)46/h4-7,10-15,22-23,25,29H,1,8-9,16-21,24H2,2-3H3,(H,38,43)(H,44,45,46). The minimum atomic E-state index is -4.16. The van der Waals surface area contributed by atoms with Crippen LogP contribution in [0.1, 0.15) is 64.2 Å². The van der Waals surface area contributed by atoms with Crippen LogP contribution in [0.25, 0.3) is 11.1 Å². The summed E-state index contributed by atoms with van der Waals surface area (Å²) in [5, 5.41) is 7.12. The number of ether oxygens (including phenoxy) is 1. The number of amides is 2. The van der Waals surface area contributed by atoms with E-state index in [2.05, 4.69) is 36.1 Å². The molecule has 1 aliphatic heterocycles. The molecule has 0 saturated heterocycles. The highest BCUT2D eigenvalue weighted by atomic mass is 32.2. The molecule has 0 fully saturated rings. The van der Waals surface area contributed by atoms with Gasteiger partial charge < -0.3 is 15.0 Å². The maximum Gasteiger partial charge on any atom is 0.266 e. The van der Waals surface area contributed by atoms with Gasteiger partial charge in [0.05, 0.1) is 25.1 Å². The quantitative estimate of drug-likeness (QED) is 0.0944. The lowest BCUT2D eigenvalue weighted by Crippen LogP contribution is -2.37. The lowest BCUT2D eigenvalue weighted by Gasteiger charge is -2.35. The number of anilines is 1. The largest absolute Gasteiger partial charge is 0.493 e. The fourth-order valence-electron chi connectivity index (χ4n) is 6.12. The van der Waals surface area contributed by atoms with Crippen molar-refractivity contribution in [3.63, 3.8) is 0 Å². The Morgan fingerprint density at radius 2 is 1.92 bits per heavy atom. The molecule has 4 aromatic rings. The van der Waals surface area contributed by atoms with Crippen molar-refractivity contribution in [2.75, 3.05) is 30.3 Å². The van der Waals surface area contributed by atoms with Gasteiger partial charge in [0.15, 0.2) is 0 Å². The lowest BCUT2D eigenvalue weighted by molar-refractivity contribution is -0.118. The molecule has 0 bridgehead atoms. The number of aromatic nitrogens is 2. The number of hydrogen-bond acceptors (Lipinski definition) is 6. The van der Waals surface area contributed by atoms with Gasteiger partial charge in [0, 0.05) is 42.5 Å². The van der Waals surface area contributed by atoms with Gasteiger partial charge in [-0.05, 0) is 91.1 Å². The van der Waals surface area contributed by atoms with Crippen LogP contribution < -0.4 is 15.0 Å². The third-order valence-corrected chi connectivity index (χ3v) is 9.43. The molecular weight excluding hydrogens is 628 g/mol. The molecule has 10 nitrogen and oxygen atoms in total. The normalized spacial score (nSPS) is 14.3. The number of nitrogens with zero attached hydrogens (tertiary/aromatic N) is 3. The van der Waals surface area contributed by atoms with Crippen molar-refractivity contribution >= 4 is 27.6 Å². The highest BCUT2D eigenvalue weighted by Gasteiger charge is 2.30. The molecule has 11 heteroatoms. The molecular formula is C37H42N4O6S. The monoisotopic (exact) mass is 670 g/mol. The fourth-order valence-corrected chi connectivity index (χ4v) is 6.48. The summed E-state index contributed by atoms with van der Waals surface area (Å²) in [6, 6.07) is 19.1. The highest BCUT2D eigenvalue weighted by molar-refractivity contribution is 7.85. The highest BCUT2D eigenvalue weighted by Crippen LogP contribution is 2.43. The second kappa shape index (κ2) is 15.4. The van der Waals surface area contributed by atoms with Gasteiger partial charge in [0.1, 0.15) is 5.75 Å². The predicted octanol–water partition coefficient (Wildman–Crippen LogP) is 6.09. The second-order valence-corrected chi connectivity index (χ2v) is 13.7. The first-order chi connectivity index (χ1) is 23.0. The first-order valence-corrected chi connectivity index (χ1v) is 17.7. The molecule has 252 valence electrons. The second-order valence-electron chi connectivity index (χ2n) is 12.1. The number of hydrogen-bond donors (Lipinski definition) is 2. The van der Waals surface area contributed by atoms with E-state index in [4.69, 9.17) is 9.29 Å².